The first-order valence-electron chi connectivity index (χ1n) is 8.97. The molecule has 1 atom stereocenters. The van der Waals surface area contributed by atoms with Crippen LogP contribution in [0.25, 0.3) is 11.0 Å². The fourth-order valence-corrected chi connectivity index (χ4v) is 5.42. The van der Waals surface area contributed by atoms with Crippen LogP contribution in [0.2, 0.25) is 0 Å². The summed E-state index contributed by atoms with van der Waals surface area (Å²) in [6.07, 6.45) is 0.333. The Morgan fingerprint density at radius 2 is 2.07 bits per heavy atom. The highest BCUT2D eigenvalue weighted by Gasteiger charge is 2.39. The molecule has 0 aliphatic carbocycles. The topological polar surface area (TPSA) is 112 Å². The summed E-state index contributed by atoms with van der Waals surface area (Å²) in [4.78, 5) is 24.4. The standard InChI is InChI=1S/C19H23NO7S/c1-4-25-13-5-6-15-14(9-13)12(2)17(27-15)18(22)26-10-16(21)20-19(3)7-8-28(23,24)11-19/h5-6,9H,4,7-8,10-11H2,1-3H3,(H,20,21)/t19-/m1/s1. The van der Waals surface area contributed by atoms with E-state index in [0.717, 1.165) is 5.39 Å². The van der Waals surface area contributed by atoms with Crippen molar-refractivity contribution in [2.45, 2.75) is 32.7 Å². The van der Waals surface area contributed by atoms with Crippen molar-refractivity contribution in [1.29, 1.82) is 0 Å². The van der Waals surface area contributed by atoms with Gasteiger partial charge in [0, 0.05) is 10.9 Å². The zero-order chi connectivity index (χ0) is 20.5. The van der Waals surface area contributed by atoms with Crippen LogP contribution in [0.1, 0.15) is 36.4 Å². The first-order chi connectivity index (χ1) is 13.1. The number of amides is 1. The molecule has 2 aromatic rings. The van der Waals surface area contributed by atoms with Gasteiger partial charge in [-0.3, -0.25) is 4.79 Å². The van der Waals surface area contributed by atoms with Gasteiger partial charge in [0.1, 0.15) is 11.3 Å². The number of furan rings is 1. The van der Waals surface area contributed by atoms with E-state index in [4.69, 9.17) is 13.9 Å². The minimum Gasteiger partial charge on any atom is -0.494 e. The van der Waals surface area contributed by atoms with Crippen LogP contribution in [0, 0.1) is 6.92 Å². The number of carbonyl (C=O) groups excluding carboxylic acids is 2. The van der Waals surface area contributed by atoms with Gasteiger partial charge in [-0.25, -0.2) is 13.2 Å². The van der Waals surface area contributed by atoms with Crippen molar-refractivity contribution >= 4 is 32.7 Å². The molecule has 1 aromatic carbocycles. The SMILES string of the molecule is CCOc1ccc2oc(C(=O)OCC(=O)N[C@]3(C)CCS(=O)(=O)C3)c(C)c2c1. The molecule has 1 aromatic heterocycles. The number of fused-ring (bicyclic) bond motifs is 1. The second-order valence-corrected chi connectivity index (χ2v) is 9.36. The van der Waals surface area contributed by atoms with Gasteiger partial charge in [-0.1, -0.05) is 0 Å². The molecule has 0 unspecified atom stereocenters. The predicted molar refractivity (Wildman–Crippen MR) is 102 cm³/mol. The number of sulfone groups is 1. The Hall–Kier alpha value is -2.55. The Morgan fingerprint density at radius 1 is 1.32 bits per heavy atom. The lowest BCUT2D eigenvalue weighted by Crippen LogP contribution is -2.48. The fraction of sp³-hybridized carbons (Fsp3) is 0.474. The number of hydrogen-bond acceptors (Lipinski definition) is 7. The molecule has 1 aliphatic heterocycles. The lowest BCUT2D eigenvalue weighted by atomic mass is 10.0. The molecular weight excluding hydrogens is 386 g/mol. The van der Waals surface area contributed by atoms with Crippen LogP contribution in [0.4, 0.5) is 0 Å². The Balaban J connectivity index is 1.65. The maximum Gasteiger partial charge on any atom is 0.375 e. The zero-order valence-electron chi connectivity index (χ0n) is 16.0. The van der Waals surface area contributed by atoms with Crippen LogP contribution < -0.4 is 10.1 Å². The van der Waals surface area contributed by atoms with Gasteiger partial charge in [0.2, 0.25) is 5.76 Å². The smallest absolute Gasteiger partial charge is 0.375 e. The van der Waals surface area contributed by atoms with Crippen molar-refractivity contribution in [3.05, 3.63) is 29.5 Å². The fourth-order valence-electron chi connectivity index (χ4n) is 3.33. The van der Waals surface area contributed by atoms with Crippen LogP contribution >= 0.6 is 0 Å². The van der Waals surface area contributed by atoms with Gasteiger partial charge >= 0.3 is 5.97 Å². The first-order valence-corrected chi connectivity index (χ1v) is 10.8. The summed E-state index contributed by atoms with van der Waals surface area (Å²) in [7, 11) is -3.15. The number of aryl methyl sites for hydroxylation is 1. The van der Waals surface area contributed by atoms with Crippen LogP contribution in [-0.4, -0.2) is 50.6 Å². The van der Waals surface area contributed by atoms with E-state index in [1.165, 1.54) is 0 Å². The molecule has 28 heavy (non-hydrogen) atoms. The summed E-state index contributed by atoms with van der Waals surface area (Å²) in [6, 6.07) is 5.23. The summed E-state index contributed by atoms with van der Waals surface area (Å²) in [5, 5.41) is 3.37. The summed E-state index contributed by atoms with van der Waals surface area (Å²) in [5.74, 6) is -0.717. The molecule has 0 bridgehead atoms. The van der Waals surface area contributed by atoms with Crippen LogP contribution in [-0.2, 0) is 19.4 Å². The second kappa shape index (κ2) is 7.46. The second-order valence-electron chi connectivity index (χ2n) is 7.17. The van der Waals surface area contributed by atoms with Crippen molar-refractivity contribution in [2.24, 2.45) is 0 Å². The van der Waals surface area contributed by atoms with Crippen molar-refractivity contribution < 1.29 is 31.9 Å². The Morgan fingerprint density at radius 3 is 2.71 bits per heavy atom. The average Bonchev–Trinajstić information content (AvgIpc) is 3.09. The zero-order valence-corrected chi connectivity index (χ0v) is 16.9. The monoisotopic (exact) mass is 409 g/mol. The summed E-state index contributed by atoms with van der Waals surface area (Å²) >= 11 is 0. The van der Waals surface area contributed by atoms with E-state index in [1.807, 2.05) is 6.92 Å². The Bertz CT molecular complexity index is 1020. The summed E-state index contributed by atoms with van der Waals surface area (Å²) in [5.41, 5.74) is 0.268. The van der Waals surface area contributed by atoms with E-state index in [1.54, 1.807) is 32.0 Å². The Kier molecular flexibility index (Phi) is 5.38. The predicted octanol–water partition coefficient (Wildman–Crippen LogP) is 1.99. The molecule has 0 saturated carbocycles. The van der Waals surface area contributed by atoms with Crippen molar-refractivity contribution in [1.82, 2.24) is 5.32 Å². The van der Waals surface area contributed by atoms with E-state index >= 15 is 0 Å². The highest BCUT2D eigenvalue weighted by molar-refractivity contribution is 7.91. The number of nitrogens with one attached hydrogen (secondary N) is 1. The molecule has 152 valence electrons. The van der Waals surface area contributed by atoms with Gasteiger partial charge < -0.3 is 19.2 Å². The molecule has 8 nitrogen and oxygen atoms in total. The number of benzene rings is 1. The Labute approximate surface area is 163 Å². The van der Waals surface area contributed by atoms with Gasteiger partial charge in [-0.05, 0) is 45.4 Å². The third-order valence-electron chi connectivity index (χ3n) is 4.68. The van der Waals surface area contributed by atoms with E-state index in [0.29, 0.717) is 29.9 Å². The first kappa shape index (κ1) is 20.2. The largest absolute Gasteiger partial charge is 0.494 e. The van der Waals surface area contributed by atoms with Gasteiger partial charge in [0.05, 0.1) is 23.7 Å². The third-order valence-corrected chi connectivity index (χ3v) is 6.59. The highest BCUT2D eigenvalue weighted by Crippen LogP contribution is 2.29. The number of esters is 1. The molecule has 1 N–H and O–H groups in total. The highest BCUT2D eigenvalue weighted by atomic mass is 32.2. The summed E-state index contributed by atoms with van der Waals surface area (Å²) < 4.78 is 39.3. The van der Waals surface area contributed by atoms with Gasteiger partial charge in [-0.2, -0.15) is 0 Å². The number of carbonyl (C=O) groups is 2. The van der Waals surface area contributed by atoms with Crippen LogP contribution in [0.3, 0.4) is 0 Å². The van der Waals surface area contributed by atoms with Gasteiger partial charge in [-0.15, -0.1) is 0 Å². The average molecular weight is 409 g/mol. The lowest BCUT2D eigenvalue weighted by molar-refractivity contribution is -0.125. The quantitative estimate of drug-likeness (QED) is 0.726. The summed E-state index contributed by atoms with van der Waals surface area (Å²) in [6.45, 7) is 5.27. The van der Waals surface area contributed by atoms with E-state index in [-0.39, 0.29) is 17.3 Å². The molecule has 3 rings (SSSR count). The van der Waals surface area contributed by atoms with Crippen molar-refractivity contribution in [3.8, 4) is 5.75 Å². The molecule has 1 amide bonds. The minimum atomic E-state index is -3.15. The molecule has 1 fully saturated rings. The maximum atomic E-state index is 12.3. The van der Waals surface area contributed by atoms with Crippen molar-refractivity contribution in [2.75, 3.05) is 24.7 Å². The van der Waals surface area contributed by atoms with E-state index < -0.39 is 33.9 Å². The number of ether oxygens (including phenoxy) is 2. The molecule has 1 aliphatic rings. The molecule has 0 spiro atoms. The van der Waals surface area contributed by atoms with E-state index in [2.05, 4.69) is 5.32 Å². The molecule has 9 heteroatoms. The number of rotatable bonds is 6. The lowest BCUT2D eigenvalue weighted by Gasteiger charge is -2.23. The van der Waals surface area contributed by atoms with Gasteiger partial charge in [0.25, 0.3) is 5.91 Å². The van der Waals surface area contributed by atoms with Crippen molar-refractivity contribution in [3.63, 3.8) is 0 Å². The van der Waals surface area contributed by atoms with E-state index in [9.17, 15) is 18.0 Å². The minimum absolute atomic E-state index is 0.0195. The van der Waals surface area contributed by atoms with Crippen LogP contribution in [0.15, 0.2) is 22.6 Å². The molecule has 2 heterocycles. The van der Waals surface area contributed by atoms with Crippen LogP contribution in [0.5, 0.6) is 5.75 Å². The molecular formula is C19H23NO7S. The third kappa shape index (κ3) is 4.30. The molecule has 0 radical (unpaired) electrons. The maximum absolute atomic E-state index is 12.3. The van der Waals surface area contributed by atoms with Gasteiger partial charge in [0.15, 0.2) is 16.4 Å². The molecule has 1 saturated heterocycles. The number of hydrogen-bond donors (Lipinski definition) is 1. The normalized spacial score (nSPS) is 20.8.